The van der Waals surface area contributed by atoms with Gasteiger partial charge in [-0.2, -0.15) is 0 Å². The number of hydrogen-bond acceptors (Lipinski definition) is 3. The minimum Gasteiger partial charge on any atom is -0.309 e. The Hall–Kier alpha value is -2.24. The number of aromatic nitrogens is 3. The second-order valence-electron chi connectivity index (χ2n) is 4.21. The number of rotatable bonds is 3. The van der Waals surface area contributed by atoms with Crippen molar-refractivity contribution in [2.45, 2.75) is 19.8 Å². The normalized spacial score (nSPS) is 10.9. The number of hydrogen-bond donors (Lipinski definition) is 2. The average Bonchev–Trinajstić information content (AvgIpc) is 2.71. The van der Waals surface area contributed by atoms with E-state index >= 15 is 0 Å². The summed E-state index contributed by atoms with van der Waals surface area (Å²) in [7, 11) is 0. The van der Waals surface area contributed by atoms with Gasteiger partial charge in [-0.05, 0) is 18.1 Å². The molecule has 0 aliphatic rings. The van der Waals surface area contributed by atoms with E-state index < -0.39 is 17.3 Å². The average molecular weight is 249 g/mol. The van der Waals surface area contributed by atoms with Crippen molar-refractivity contribution in [2.24, 2.45) is 0 Å². The third kappa shape index (κ3) is 2.22. The maximum absolute atomic E-state index is 12.7. The number of H-pyrrole nitrogens is 2. The van der Waals surface area contributed by atoms with Crippen molar-refractivity contribution in [3.63, 3.8) is 0 Å². The van der Waals surface area contributed by atoms with Crippen LogP contribution in [0.5, 0.6) is 0 Å². The van der Waals surface area contributed by atoms with Crippen LogP contribution >= 0.6 is 0 Å². The molecule has 0 aromatic carbocycles. The van der Waals surface area contributed by atoms with Crippen molar-refractivity contribution < 1.29 is 9.18 Å². The molecule has 0 atom stereocenters. The molecule has 0 bridgehead atoms. The zero-order valence-electron chi connectivity index (χ0n) is 9.95. The molecule has 2 aromatic rings. The molecule has 5 nitrogen and oxygen atoms in total. The van der Waals surface area contributed by atoms with E-state index in [4.69, 9.17) is 0 Å². The summed E-state index contributed by atoms with van der Waals surface area (Å²) in [6.07, 6.45) is 0.965. The first-order valence-electron chi connectivity index (χ1n) is 5.47. The summed E-state index contributed by atoms with van der Waals surface area (Å²) in [6, 6.07) is 2.44. The van der Waals surface area contributed by atoms with E-state index in [-0.39, 0.29) is 17.3 Å². The highest BCUT2D eigenvalue weighted by Gasteiger charge is 2.19. The second kappa shape index (κ2) is 4.56. The largest absolute Gasteiger partial charge is 0.323 e. The molecular formula is C12H12FN3O2. The molecule has 0 saturated heterocycles. The summed E-state index contributed by atoms with van der Waals surface area (Å²) < 4.78 is 12.7. The van der Waals surface area contributed by atoms with Crippen LogP contribution in [0.4, 0.5) is 4.39 Å². The van der Waals surface area contributed by atoms with E-state index in [0.29, 0.717) is 5.69 Å². The topological polar surface area (TPSA) is 78.6 Å². The van der Waals surface area contributed by atoms with Crippen LogP contribution < -0.4 is 5.69 Å². The van der Waals surface area contributed by atoms with E-state index in [1.807, 2.05) is 13.8 Å². The summed E-state index contributed by atoms with van der Waals surface area (Å²) in [4.78, 5) is 32.1. The lowest BCUT2D eigenvalue weighted by Crippen LogP contribution is -2.09. The van der Waals surface area contributed by atoms with Crippen molar-refractivity contribution in [3.05, 3.63) is 51.7 Å². The lowest BCUT2D eigenvalue weighted by molar-refractivity contribution is 0.102. The highest BCUT2D eigenvalue weighted by molar-refractivity contribution is 6.07. The SMILES string of the molecule is CC(C)c1[nH]c(=O)[nH]c1C(=O)c1ccc(F)cn1. The first-order chi connectivity index (χ1) is 8.49. The number of aromatic amines is 2. The van der Waals surface area contributed by atoms with E-state index in [1.54, 1.807) is 0 Å². The van der Waals surface area contributed by atoms with Crippen LogP contribution in [-0.2, 0) is 0 Å². The minimum absolute atomic E-state index is 0.0108. The summed E-state index contributed by atoms with van der Waals surface area (Å²) in [5.41, 5.74) is 0.350. The third-order valence-corrected chi connectivity index (χ3v) is 2.52. The van der Waals surface area contributed by atoms with Crippen LogP contribution in [0.2, 0.25) is 0 Å². The quantitative estimate of drug-likeness (QED) is 0.811. The molecule has 2 rings (SSSR count). The molecule has 0 fully saturated rings. The Balaban J connectivity index is 2.46. The molecule has 18 heavy (non-hydrogen) atoms. The fourth-order valence-corrected chi connectivity index (χ4v) is 1.65. The Morgan fingerprint density at radius 3 is 2.61 bits per heavy atom. The van der Waals surface area contributed by atoms with Crippen molar-refractivity contribution in [2.75, 3.05) is 0 Å². The lowest BCUT2D eigenvalue weighted by Gasteiger charge is -2.04. The number of nitrogens with zero attached hydrogens (tertiary/aromatic N) is 1. The van der Waals surface area contributed by atoms with Gasteiger partial charge in [0, 0.05) is 5.69 Å². The van der Waals surface area contributed by atoms with Crippen LogP contribution in [0.15, 0.2) is 23.1 Å². The molecule has 0 radical (unpaired) electrons. The molecule has 94 valence electrons. The van der Waals surface area contributed by atoms with Crippen molar-refractivity contribution in [3.8, 4) is 0 Å². The third-order valence-electron chi connectivity index (χ3n) is 2.52. The molecule has 0 aliphatic heterocycles. The van der Waals surface area contributed by atoms with Gasteiger partial charge in [0.05, 0.1) is 6.20 Å². The molecule has 0 aliphatic carbocycles. The zero-order chi connectivity index (χ0) is 13.3. The fourth-order valence-electron chi connectivity index (χ4n) is 1.65. The Morgan fingerprint density at radius 1 is 1.33 bits per heavy atom. The molecule has 0 amide bonds. The summed E-state index contributed by atoms with van der Waals surface area (Å²) in [5.74, 6) is -0.960. The molecule has 2 aromatic heterocycles. The molecule has 2 heterocycles. The molecule has 2 N–H and O–H groups in total. The van der Waals surface area contributed by atoms with E-state index in [9.17, 15) is 14.0 Å². The summed E-state index contributed by atoms with van der Waals surface area (Å²) >= 11 is 0. The van der Waals surface area contributed by atoms with Gasteiger partial charge in [0.2, 0.25) is 5.78 Å². The number of pyridine rings is 1. The van der Waals surface area contributed by atoms with Crippen LogP contribution in [0.25, 0.3) is 0 Å². The predicted molar refractivity (Wildman–Crippen MR) is 63.1 cm³/mol. The molecule has 0 spiro atoms. The summed E-state index contributed by atoms with van der Waals surface area (Å²) in [5, 5.41) is 0. The Kier molecular flexibility index (Phi) is 3.10. The standard InChI is InChI=1S/C12H12FN3O2/c1-6(2)9-10(16-12(18)15-9)11(17)8-4-3-7(13)5-14-8/h3-6H,1-2H3,(H2,15,16,18). The molecule has 0 unspecified atom stereocenters. The first-order valence-corrected chi connectivity index (χ1v) is 5.47. The predicted octanol–water partition coefficient (Wildman–Crippen LogP) is 1.59. The van der Waals surface area contributed by atoms with Gasteiger partial charge in [0.25, 0.3) is 0 Å². The first kappa shape index (κ1) is 12.2. The van der Waals surface area contributed by atoms with Gasteiger partial charge in [-0.3, -0.25) is 4.79 Å². The van der Waals surface area contributed by atoms with Gasteiger partial charge in [-0.1, -0.05) is 13.8 Å². The second-order valence-corrected chi connectivity index (χ2v) is 4.21. The Bertz CT molecular complexity index is 626. The maximum atomic E-state index is 12.7. The van der Waals surface area contributed by atoms with E-state index in [2.05, 4.69) is 15.0 Å². The Labute approximate surface area is 102 Å². The van der Waals surface area contributed by atoms with Crippen LogP contribution in [0.3, 0.4) is 0 Å². The van der Waals surface area contributed by atoms with E-state index in [0.717, 1.165) is 12.3 Å². The molecule has 0 saturated carbocycles. The fraction of sp³-hybridized carbons (Fsp3) is 0.250. The van der Waals surface area contributed by atoms with Gasteiger partial charge >= 0.3 is 5.69 Å². The zero-order valence-corrected chi connectivity index (χ0v) is 9.95. The van der Waals surface area contributed by atoms with Crippen LogP contribution in [0.1, 0.15) is 41.6 Å². The van der Waals surface area contributed by atoms with Gasteiger partial charge in [0.15, 0.2) is 0 Å². The number of ketones is 1. The van der Waals surface area contributed by atoms with Crippen LogP contribution in [0, 0.1) is 5.82 Å². The maximum Gasteiger partial charge on any atom is 0.323 e. The van der Waals surface area contributed by atoms with Crippen molar-refractivity contribution in [1.82, 2.24) is 15.0 Å². The number of carbonyl (C=O) groups is 1. The van der Waals surface area contributed by atoms with Gasteiger partial charge < -0.3 is 9.97 Å². The van der Waals surface area contributed by atoms with Crippen molar-refractivity contribution in [1.29, 1.82) is 0 Å². The van der Waals surface area contributed by atoms with Gasteiger partial charge in [-0.25, -0.2) is 14.2 Å². The van der Waals surface area contributed by atoms with Gasteiger partial charge in [-0.15, -0.1) is 0 Å². The number of halogens is 1. The van der Waals surface area contributed by atoms with E-state index in [1.165, 1.54) is 6.07 Å². The lowest BCUT2D eigenvalue weighted by atomic mass is 10.0. The van der Waals surface area contributed by atoms with Crippen LogP contribution in [-0.4, -0.2) is 20.7 Å². The Morgan fingerprint density at radius 2 is 2.06 bits per heavy atom. The highest BCUT2D eigenvalue weighted by atomic mass is 19.1. The molecular weight excluding hydrogens is 237 g/mol. The molecule has 6 heteroatoms. The van der Waals surface area contributed by atoms with Crippen molar-refractivity contribution >= 4 is 5.78 Å². The highest BCUT2D eigenvalue weighted by Crippen LogP contribution is 2.16. The minimum atomic E-state index is -0.516. The smallest absolute Gasteiger partial charge is 0.309 e. The number of carbonyl (C=O) groups excluding carboxylic acids is 1. The number of imidazole rings is 1. The summed E-state index contributed by atoms with van der Waals surface area (Å²) in [6.45, 7) is 3.71. The number of nitrogens with one attached hydrogen (secondary N) is 2. The van der Waals surface area contributed by atoms with Gasteiger partial charge in [0.1, 0.15) is 17.2 Å². The monoisotopic (exact) mass is 249 g/mol.